The molecule has 4 heteroatoms. The molecule has 1 heterocycles. The minimum Gasteiger partial charge on any atom is -0.478 e. The summed E-state index contributed by atoms with van der Waals surface area (Å²) in [6, 6.07) is 12.3. The summed E-state index contributed by atoms with van der Waals surface area (Å²) < 4.78 is 5.82. The molecule has 0 bridgehead atoms. The number of carboxylic acid groups (broad SMARTS) is 1. The number of rotatable bonds is 2. The van der Waals surface area contributed by atoms with Crippen molar-refractivity contribution in [1.29, 1.82) is 0 Å². The van der Waals surface area contributed by atoms with E-state index >= 15 is 0 Å². The fourth-order valence-electron chi connectivity index (χ4n) is 2.19. The number of para-hydroxylation sites is 1. The Hall–Kier alpha value is -2.26. The smallest absolute Gasteiger partial charge is 0.335 e. The van der Waals surface area contributed by atoms with Crippen molar-refractivity contribution in [3.8, 4) is 11.3 Å². The van der Waals surface area contributed by atoms with Gasteiger partial charge in [-0.1, -0.05) is 29.8 Å². The van der Waals surface area contributed by atoms with E-state index in [2.05, 4.69) is 0 Å². The number of aromatic carboxylic acids is 1. The van der Waals surface area contributed by atoms with Crippen molar-refractivity contribution in [2.45, 2.75) is 6.92 Å². The molecule has 0 amide bonds. The molecule has 1 N–H and O–H groups in total. The van der Waals surface area contributed by atoms with Gasteiger partial charge in [0.05, 0.1) is 10.6 Å². The molecule has 1 aromatic heterocycles. The van der Waals surface area contributed by atoms with Gasteiger partial charge in [-0.15, -0.1) is 0 Å². The van der Waals surface area contributed by atoms with E-state index in [0.717, 1.165) is 16.5 Å². The Labute approximate surface area is 120 Å². The number of benzene rings is 2. The fourth-order valence-corrected chi connectivity index (χ4v) is 2.40. The summed E-state index contributed by atoms with van der Waals surface area (Å²) >= 11 is 6.15. The molecule has 3 rings (SSSR count). The lowest BCUT2D eigenvalue weighted by molar-refractivity contribution is 0.0697. The normalized spacial score (nSPS) is 10.9. The molecule has 0 fully saturated rings. The minimum absolute atomic E-state index is 0.182. The van der Waals surface area contributed by atoms with Crippen LogP contribution in [0.4, 0.5) is 0 Å². The van der Waals surface area contributed by atoms with Gasteiger partial charge in [0.1, 0.15) is 11.3 Å². The second-order valence-corrected chi connectivity index (χ2v) is 5.01. The standard InChI is InChI=1S/C16H11ClO3/c1-9-3-2-4-10-8-14(20-15(9)10)12-7-11(16(18)19)5-6-13(12)17/h2-8H,1H3,(H,18,19). The van der Waals surface area contributed by atoms with Crippen LogP contribution in [0.5, 0.6) is 0 Å². The van der Waals surface area contributed by atoms with Gasteiger partial charge in [-0.05, 0) is 36.8 Å². The lowest BCUT2D eigenvalue weighted by Crippen LogP contribution is -1.96. The third-order valence-electron chi connectivity index (χ3n) is 3.22. The summed E-state index contributed by atoms with van der Waals surface area (Å²) in [6.07, 6.45) is 0. The minimum atomic E-state index is -0.991. The van der Waals surface area contributed by atoms with E-state index in [9.17, 15) is 4.79 Å². The quantitative estimate of drug-likeness (QED) is 0.739. The number of furan rings is 1. The van der Waals surface area contributed by atoms with E-state index in [0.29, 0.717) is 16.3 Å². The summed E-state index contributed by atoms with van der Waals surface area (Å²) in [5, 5.41) is 10.5. The first-order valence-corrected chi connectivity index (χ1v) is 6.46. The van der Waals surface area contributed by atoms with Crippen molar-refractivity contribution in [3.63, 3.8) is 0 Å². The van der Waals surface area contributed by atoms with Gasteiger partial charge < -0.3 is 9.52 Å². The molecular weight excluding hydrogens is 276 g/mol. The zero-order chi connectivity index (χ0) is 14.3. The highest BCUT2D eigenvalue weighted by Gasteiger charge is 2.13. The van der Waals surface area contributed by atoms with Crippen LogP contribution in [0.1, 0.15) is 15.9 Å². The van der Waals surface area contributed by atoms with E-state index in [4.69, 9.17) is 21.1 Å². The lowest BCUT2D eigenvalue weighted by atomic mass is 10.1. The Morgan fingerprint density at radius 1 is 1.20 bits per heavy atom. The Bertz CT molecular complexity index is 818. The predicted molar refractivity (Wildman–Crippen MR) is 78.4 cm³/mol. The lowest BCUT2D eigenvalue weighted by Gasteiger charge is -2.02. The first-order valence-electron chi connectivity index (χ1n) is 6.08. The third kappa shape index (κ3) is 2.06. The van der Waals surface area contributed by atoms with Gasteiger partial charge >= 0.3 is 5.97 Å². The second-order valence-electron chi connectivity index (χ2n) is 4.60. The van der Waals surface area contributed by atoms with Gasteiger partial charge in [0, 0.05) is 10.9 Å². The van der Waals surface area contributed by atoms with Gasteiger partial charge in [-0.2, -0.15) is 0 Å². The molecule has 0 radical (unpaired) electrons. The average Bonchev–Trinajstić information content (AvgIpc) is 2.84. The highest BCUT2D eigenvalue weighted by atomic mass is 35.5. The SMILES string of the molecule is Cc1cccc2cc(-c3cc(C(=O)O)ccc3Cl)oc12. The zero-order valence-electron chi connectivity index (χ0n) is 10.7. The molecule has 0 saturated heterocycles. The summed E-state index contributed by atoms with van der Waals surface area (Å²) in [7, 11) is 0. The van der Waals surface area contributed by atoms with Crippen LogP contribution >= 0.6 is 11.6 Å². The highest BCUT2D eigenvalue weighted by Crippen LogP contribution is 2.34. The summed E-state index contributed by atoms with van der Waals surface area (Å²) in [4.78, 5) is 11.0. The fraction of sp³-hybridized carbons (Fsp3) is 0.0625. The number of carboxylic acids is 1. The molecule has 100 valence electrons. The Morgan fingerprint density at radius 3 is 2.70 bits per heavy atom. The van der Waals surface area contributed by atoms with E-state index in [1.807, 2.05) is 31.2 Å². The molecule has 0 spiro atoms. The average molecular weight is 287 g/mol. The number of halogens is 1. The Morgan fingerprint density at radius 2 is 2.00 bits per heavy atom. The van der Waals surface area contributed by atoms with Gasteiger partial charge in [-0.25, -0.2) is 4.79 Å². The summed E-state index contributed by atoms with van der Waals surface area (Å²) in [5.41, 5.74) is 2.59. The van der Waals surface area contributed by atoms with Crippen LogP contribution in [0.15, 0.2) is 46.9 Å². The van der Waals surface area contributed by atoms with Crippen LogP contribution in [-0.2, 0) is 0 Å². The van der Waals surface area contributed by atoms with Crippen LogP contribution < -0.4 is 0 Å². The number of hydrogen-bond donors (Lipinski definition) is 1. The second kappa shape index (κ2) is 4.69. The van der Waals surface area contributed by atoms with E-state index in [-0.39, 0.29) is 5.56 Å². The first kappa shape index (κ1) is 12.8. The molecule has 0 aliphatic carbocycles. The molecule has 3 nitrogen and oxygen atoms in total. The van der Waals surface area contributed by atoms with Crippen LogP contribution in [0.25, 0.3) is 22.3 Å². The van der Waals surface area contributed by atoms with Crippen LogP contribution in [0.2, 0.25) is 5.02 Å². The first-order chi connectivity index (χ1) is 9.56. The van der Waals surface area contributed by atoms with E-state index < -0.39 is 5.97 Å². The highest BCUT2D eigenvalue weighted by molar-refractivity contribution is 6.33. The van der Waals surface area contributed by atoms with Gasteiger partial charge in [0.25, 0.3) is 0 Å². The Balaban J connectivity index is 2.22. The number of hydrogen-bond acceptors (Lipinski definition) is 2. The number of aryl methyl sites for hydroxylation is 1. The molecule has 0 atom stereocenters. The van der Waals surface area contributed by atoms with Crippen molar-refractivity contribution in [2.24, 2.45) is 0 Å². The van der Waals surface area contributed by atoms with Gasteiger partial charge in [0.2, 0.25) is 0 Å². The summed E-state index contributed by atoms with van der Waals surface area (Å²) in [5.74, 6) is -0.419. The monoisotopic (exact) mass is 286 g/mol. The van der Waals surface area contributed by atoms with Crippen LogP contribution in [0.3, 0.4) is 0 Å². The maximum absolute atomic E-state index is 11.0. The Kier molecular flexibility index (Phi) is 2.99. The van der Waals surface area contributed by atoms with E-state index in [1.165, 1.54) is 12.1 Å². The van der Waals surface area contributed by atoms with Crippen molar-refractivity contribution >= 4 is 28.5 Å². The molecule has 0 saturated carbocycles. The maximum atomic E-state index is 11.0. The molecule has 0 unspecified atom stereocenters. The largest absolute Gasteiger partial charge is 0.478 e. The molecule has 0 aliphatic heterocycles. The predicted octanol–water partition coefficient (Wildman–Crippen LogP) is 4.76. The number of carbonyl (C=O) groups is 1. The van der Waals surface area contributed by atoms with E-state index in [1.54, 1.807) is 6.07 Å². The van der Waals surface area contributed by atoms with Crippen molar-refractivity contribution in [3.05, 3.63) is 58.6 Å². The topological polar surface area (TPSA) is 50.4 Å². The van der Waals surface area contributed by atoms with Crippen molar-refractivity contribution in [1.82, 2.24) is 0 Å². The van der Waals surface area contributed by atoms with Crippen molar-refractivity contribution in [2.75, 3.05) is 0 Å². The summed E-state index contributed by atoms with van der Waals surface area (Å²) in [6.45, 7) is 1.96. The molecule has 0 aliphatic rings. The van der Waals surface area contributed by atoms with Gasteiger partial charge in [0.15, 0.2) is 0 Å². The van der Waals surface area contributed by atoms with Crippen molar-refractivity contribution < 1.29 is 14.3 Å². The third-order valence-corrected chi connectivity index (χ3v) is 3.55. The molecule has 20 heavy (non-hydrogen) atoms. The van der Waals surface area contributed by atoms with Crippen LogP contribution in [-0.4, -0.2) is 11.1 Å². The maximum Gasteiger partial charge on any atom is 0.335 e. The zero-order valence-corrected chi connectivity index (χ0v) is 11.4. The molecule has 3 aromatic rings. The number of fused-ring (bicyclic) bond motifs is 1. The molecule has 2 aromatic carbocycles. The van der Waals surface area contributed by atoms with Crippen LogP contribution in [0, 0.1) is 6.92 Å². The molecular formula is C16H11ClO3. The van der Waals surface area contributed by atoms with Gasteiger partial charge in [-0.3, -0.25) is 0 Å².